The van der Waals surface area contributed by atoms with Crippen molar-refractivity contribution in [2.45, 2.75) is 12.6 Å². The maximum absolute atomic E-state index is 12.9. The first-order valence-corrected chi connectivity index (χ1v) is 7.43. The summed E-state index contributed by atoms with van der Waals surface area (Å²) in [6, 6.07) is 6.57. The topological polar surface area (TPSA) is 74.4 Å². The average molecular weight is 344 g/mol. The van der Waals surface area contributed by atoms with Gasteiger partial charge in [0.15, 0.2) is 0 Å². The van der Waals surface area contributed by atoms with Crippen molar-refractivity contribution in [1.82, 2.24) is 19.9 Å². The minimum Gasteiger partial charge on any atom is -0.346 e. The Bertz CT molecular complexity index is 1140. The number of hydrogen-bond donors (Lipinski definition) is 2. The predicted octanol–water partition coefficient (Wildman–Crippen LogP) is 3.41. The van der Waals surface area contributed by atoms with Gasteiger partial charge in [-0.05, 0) is 35.9 Å². The lowest BCUT2D eigenvalue weighted by molar-refractivity contribution is -0.137. The Morgan fingerprint density at radius 3 is 2.76 bits per heavy atom. The van der Waals surface area contributed by atoms with Crippen LogP contribution in [0.1, 0.15) is 17.0 Å². The zero-order valence-electron chi connectivity index (χ0n) is 12.7. The Kier molecular flexibility index (Phi) is 3.34. The molecule has 3 heterocycles. The number of benzene rings is 1. The van der Waals surface area contributed by atoms with E-state index >= 15 is 0 Å². The Labute approximate surface area is 138 Å². The molecule has 0 amide bonds. The number of aromatic nitrogens is 4. The number of alkyl halides is 3. The maximum Gasteiger partial charge on any atom is 0.416 e. The standard InChI is InChI=1S/C17H11F3N4O/c18-17(19,20)10-3-4-12-13(7-10)23-14(24-16(12)25)6-9-8-22-15-11(9)2-1-5-21-15/h1-5,7-8H,6H2,(H,21,22)(H,23,24,25). The predicted molar refractivity (Wildman–Crippen MR) is 86.3 cm³/mol. The van der Waals surface area contributed by atoms with E-state index in [1.165, 1.54) is 0 Å². The van der Waals surface area contributed by atoms with Crippen molar-refractivity contribution in [2.75, 3.05) is 0 Å². The van der Waals surface area contributed by atoms with Gasteiger partial charge in [0, 0.05) is 24.2 Å². The smallest absolute Gasteiger partial charge is 0.346 e. The lowest BCUT2D eigenvalue weighted by Gasteiger charge is -2.08. The van der Waals surface area contributed by atoms with Gasteiger partial charge in [-0.3, -0.25) is 4.79 Å². The SMILES string of the molecule is O=c1[nH]c(Cc2c[nH]c3ncccc23)nc2cc(C(F)(F)F)ccc12. The van der Waals surface area contributed by atoms with Crippen LogP contribution in [0.5, 0.6) is 0 Å². The number of aromatic amines is 2. The molecule has 4 rings (SSSR count). The molecular weight excluding hydrogens is 333 g/mol. The monoisotopic (exact) mass is 344 g/mol. The third-order valence-electron chi connectivity index (χ3n) is 3.98. The van der Waals surface area contributed by atoms with Crippen molar-refractivity contribution in [3.05, 3.63) is 70.0 Å². The average Bonchev–Trinajstić information content (AvgIpc) is 2.97. The summed E-state index contributed by atoms with van der Waals surface area (Å²) in [5.41, 5.74) is 0.260. The fraction of sp³-hybridized carbons (Fsp3) is 0.118. The molecule has 0 bridgehead atoms. The molecule has 0 unspecified atom stereocenters. The fourth-order valence-electron chi connectivity index (χ4n) is 2.79. The van der Waals surface area contributed by atoms with E-state index in [2.05, 4.69) is 19.9 Å². The summed E-state index contributed by atoms with van der Waals surface area (Å²) >= 11 is 0. The van der Waals surface area contributed by atoms with Crippen LogP contribution in [0, 0.1) is 0 Å². The molecule has 0 atom stereocenters. The Morgan fingerprint density at radius 1 is 1.12 bits per heavy atom. The number of nitrogens with one attached hydrogen (secondary N) is 2. The van der Waals surface area contributed by atoms with Gasteiger partial charge in [0.2, 0.25) is 0 Å². The van der Waals surface area contributed by atoms with Crippen LogP contribution in [0.3, 0.4) is 0 Å². The van der Waals surface area contributed by atoms with Crippen LogP contribution in [0.2, 0.25) is 0 Å². The normalized spacial score (nSPS) is 12.1. The van der Waals surface area contributed by atoms with E-state index in [0.717, 1.165) is 29.1 Å². The molecule has 0 spiro atoms. The second-order valence-electron chi connectivity index (χ2n) is 5.63. The largest absolute Gasteiger partial charge is 0.416 e. The van der Waals surface area contributed by atoms with Gasteiger partial charge in [-0.15, -0.1) is 0 Å². The summed E-state index contributed by atoms with van der Waals surface area (Å²) in [6.07, 6.45) is -0.820. The summed E-state index contributed by atoms with van der Waals surface area (Å²) < 4.78 is 38.6. The van der Waals surface area contributed by atoms with Gasteiger partial charge in [0.1, 0.15) is 11.5 Å². The number of fused-ring (bicyclic) bond motifs is 2. The van der Waals surface area contributed by atoms with Crippen molar-refractivity contribution in [1.29, 1.82) is 0 Å². The van der Waals surface area contributed by atoms with E-state index in [0.29, 0.717) is 11.5 Å². The molecule has 0 fully saturated rings. The van der Waals surface area contributed by atoms with Gasteiger partial charge in [-0.25, -0.2) is 9.97 Å². The molecule has 2 N–H and O–H groups in total. The van der Waals surface area contributed by atoms with Gasteiger partial charge in [-0.1, -0.05) is 0 Å². The molecule has 25 heavy (non-hydrogen) atoms. The molecule has 4 aromatic rings. The minimum absolute atomic E-state index is 0.0199. The highest BCUT2D eigenvalue weighted by Crippen LogP contribution is 2.30. The first kappa shape index (κ1) is 15.4. The zero-order valence-corrected chi connectivity index (χ0v) is 12.7. The minimum atomic E-state index is -4.48. The van der Waals surface area contributed by atoms with Crippen LogP contribution in [0.15, 0.2) is 47.5 Å². The summed E-state index contributed by atoms with van der Waals surface area (Å²) in [5, 5.41) is 0.992. The van der Waals surface area contributed by atoms with Gasteiger partial charge in [0.05, 0.1) is 16.5 Å². The second-order valence-corrected chi connectivity index (χ2v) is 5.63. The van der Waals surface area contributed by atoms with Gasteiger partial charge in [-0.2, -0.15) is 13.2 Å². The van der Waals surface area contributed by atoms with Gasteiger partial charge in [0.25, 0.3) is 5.56 Å². The third-order valence-corrected chi connectivity index (χ3v) is 3.98. The molecule has 0 saturated heterocycles. The molecule has 8 heteroatoms. The number of nitrogens with zero attached hydrogens (tertiary/aromatic N) is 2. The fourth-order valence-corrected chi connectivity index (χ4v) is 2.79. The van der Waals surface area contributed by atoms with E-state index in [-0.39, 0.29) is 17.3 Å². The summed E-state index contributed by atoms with van der Waals surface area (Å²) in [5.74, 6) is 0.293. The van der Waals surface area contributed by atoms with Gasteiger partial charge < -0.3 is 9.97 Å². The van der Waals surface area contributed by atoms with Crippen LogP contribution in [0.4, 0.5) is 13.2 Å². The van der Waals surface area contributed by atoms with Gasteiger partial charge >= 0.3 is 6.18 Å². The molecule has 3 aromatic heterocycles. The number of halogens is 3. The number of rotatable bonds is 2. The van der Waals surface area contributed by atoms with Crippen LogP contribution in [-0.4, -0.2) is 19.9 Å². The summed E-state index contributed by atoms with van der Waals surface area (Å²) in [4.78, 5) is 26.2. The van der Waals surface area contributed by atoms with Crippen LogP contribution < -0.4 is 5.56 Å². The van der Waals surface area contributed by atoms with Crippen molar-refractivity contribution < 1.29 is 13.2 Å². The third kappa shape index (κ3) is 2.75. The van der Waals surface area contributed by atoms with Crippen LogP contribution in [0.25, 0.3) is 21.9 Å². The highest BCUT2D eigenvalue weighted by atomic mass is 19.4. The molecule has 126 valence electrons. The molecule has 5 nitrogen and oxygen atoms in total. The van der Waals surface area contributed by atoms with E-state index < -0.39 is 17.3 Å². The molecular formula is C17H11F3N4O. The van der Waals surface area contributed by atoms with E-state index in [1.54, 1.807) is 18.5 Å². The first-order valence-electron chi connectivity index (χ1n) is 7.43. The lowest BCUT2D eigenvalue weighted by Crippen LogP contribution is -2.13. The van der Waals surface area contributed by atoms with E-state index in [1.807, 2.05) is 6.07 Å². The Balaban J connectivity index is 1.81. The van der Waals surface area contributed by atoms with Crippen LogP contribution in [-0.2, 0) is 12.6 Å². The Morgan fingerprint density at radius 2 is 1.96 bits per heavy atom. The number of pyridine rings is 1. The zero-order chi connectivity index (χ0) is 17.6. The first-order chi connectivity index (χ1) is 11.9. The molecule has 0 aliphatic carbocycles. The molecule has 0 aliphatic rings. The van der Waals surface area contributed by atoms with Crippen molar-refractivity contribution in [3.8, 4) is 0 Å². The summed E-state index contributed by atoms with van der Waals surface area (Å²) in [6.45, 7) is 0. The molecule has 0 aliphatic heterocycles. The Hall–Kier alpha value is -3.16. The number of H-pyrrole nitrogens is 2. The highest BCUT2D eigenvalue weighted by molar-refractivity contribution is 5.80. The van der Waals surface area contributed by atoms with Crippen molar-refractivity contribution in [3.63, 3.8) is 0 Å². The quantitative estimate of drug-likeness (QED) is 0.585. The molecule has 0 saturated carbocycles. The second kappa shape index (κ2) is 5.44. The maximum atomic E-state index is 12.9. The number of hydrogen-bond acceptors (Lipinski definition) is 3. The highest BCUT2D eigenvalue weighted by Gasteiger charge is 2.30. The summed E-state index contributed by atoms with van der Waals surface area (Å²) in [7, 11) is 0. The van der Waals surface area contributed by atoms with Crippen molar-refractivity contribution in [2.24, 2.45) is 0 Å². The van der Waals surface area contributed by atoms with Crippen molar-refractivity contribution >= 4 is 21.9 Å². The molecule has 1 aromatic carbocycles. The van der Waals surface area contributed by atoms with E-state index in [9.17, 15) is 18.0 Å². The molecule has 0 radical (unpaired) electrons. The lowest BCUT2D eigenvalue weighted by atomic mass is 10.1. The van der Waals surface area contributed by atoms with E-state index in [4.69, 9.17) is 0 Å². The van der Waals surface area contributed by atoms with Crippen LogP contribution >= 0.6 is 0 Å².